The van der Waals surface area contributed by atoms with Crippen molar-refractivity contribution in [3.63, 3.8) is 0 Å². The second kappa shape index (κ2) is 6.46. The Morgan fingerprint density at radius 3 is 2.68 bits per heavy atom. The first-order valence-electron chi connectivity index (χ1n) is 8.70. The molecule has 0 aliphatic heterocycles. The van der Waals surface area contributed by atoms with Crippen molar-refractivity contribution in [3.8, 4) is 0 Å². The molecule has 4 rings (SSSR count). The average Bonchev–Trinajstić information content (AvgIpc) is 3.19. The van der Waals surface area contributed by atoms with E-state index in [0.717, 1.165) is 49.7 Å². The zero-order valence-corrected chi connectivity index (χ0v) is 14.7. The number of hydrogen-bond acceptors (Lipinski definition) is 5. The minimum atomic E-state index is -2.56. The van der Waals surface area contributed by atoms with E-state index < -0.39 is 17.0 Å². The van der Waals surface area contributed by atoms with Gasteiger partial charge in [0, 0.05) is 36.3 Å². The normalized spacial score (nSPS) is 20.2. The molecule has 1 fully saturated rings. The first-order chi connectivity index (χ1) is 12.1. The topological polar surface area (TPSA) is 82.8 Å². The number of fused-ring (bicyclic) bond motifs is 3. The van der Waals surface area contributed by atoms with Crippen LogP contribution in [0, 0.1) is 0 Å². The van der Waals surface area contributed by atoms with E-state index in [1.165, 1.54) is 9.87 Å². The Bertz CT molecular complexity index is 824. The van der Waals surface area contributed by atoms with Crippen molar-refractivity contribution < 1.29 is 22.7 Å². The Morgan fingerprint density at radius 2 is 1.96 bits per heavy atom. The van der Waals surface area contributed by atoms with Gasteiger partial charge in [-0.15, -0.1) is 0 Å². The smallest absolute Gasteiger partial charge is 0.295 e. The van der Waals surface area contributed by atoms with E-state index in [9.17, 15) is 13.6 Å². The zero-order chi connectivity index (χ0) is 17.4. The molecule has 0 spiro atoms. The van der Waals surface area contributed by atoms with Crippen LogP contribution in [0.25, 0.3) is 11.0 Å². The lowest BCUT2D eigenvalue weighted by Gasteiger charge is -2.41. The predicted octanol–water partition coefficient (Wildman–Crippen LogP) is 3.36. The minimum absolute atomic E-state index is 0.343. The second-order valence-electron chi connectivity index (χ2n) is 6.77. The summed E-state index contributed by atoms with van der Waals surface area (Å²) in [5.41, 5.74) is 1.27. The lowest BCUT2D eigenvalue weighted by molar-refractivity contribution is -0.141. The summed E-state index contributed by atoms with van der Waals surface area (Å²) in [5, 5.41) is 1.05. The van der Waals surface area contributed by atoms with Crippen molar-refractivity contribution in [1.82, 2.24) is 0 Å². The van der Waals surface area contributed by atoms with Crippen molar-refractivity contribution in [2.24, 2.45) is 0 Å². The molecule has 0 saturated heterocycles. The van der Waals surface area contributed by atoms with Crippen LogP contribution in [0.5, 0.6) is 0 Å². The van der Waals surface area contributed by atoms with Crippen molar-refractivity contribution >= 4 is 34.4 Å². The molecule has 134 valence electrons. The summed E-state index contributed by atoms with van der Waals surface area (Å²) >= 11 is -2.56. The standard InChI is InChI=1S/C18H21NO5S/c20-12-23-18(9-3-4-10-18)19(25(21)22)13-7-8-15-14-5-1-2-6-16(14)24-17(15)11-13/h7-8,11-12H,1-6,9-10H2,(H,21,22)/p-1. The Balaban J connectivity index is 1.79. The summed E-state index contributed by atoms with van der Waals surface area (Å²) in [4.78, 5) is 11.0. The van der Waals surface area contributed by atoms with Gasteiger partial charge in [0.25, 0.3) is 6.47 Å². The van der Waals surface area contributed by atoms with Crippen LogP contribution in [0.15, 0.2) is 22.6 Å². The molecule has 7 heteroatoms. The summed E-state index contributed by atoms with van der Waals surface area (Å²) in [6, 6.07) is 5.44. The number of carbonyl (C=O) groups excluding carboxylic acids is 1. The lowest BCUT2D eigenvalue weighted by atomic mass is 9.96. The fraction of sp³-hybridized carbons (Fsp3) is 0.500. The Hall–Kier alpha value is -1.86. The van der Waals surface area contributed by atoms with Gasteiger partial charge in [0.15, 0.2) is 5.72 Å². The molecule has 2 aliphatic carbocycles. The maximum absolute atomic E-state index is 12.0. The maximum atomic E-state index is 12.0. The number of anilines is 1. The lowest BCUT2D eigenvalue weighted by Crippen LogP contribution is -2.50. The van der Waals surface area contributed by atoms with Crippen LogP contribution < -0.4 is 4.31 Å². The van der Waals surface area contributed by atoms with E-state index in [0.29, 0.717) is 30.6 Å². The van der Waals surface area contributed by atoms with Crippen LogP contribution in [0.2, 0.25) is 0 Å². The largest absolute Gasteiger partial charge is 0.755 e. The SMILES string of the molecule is O=COC1(N(c2ccc3c4c(oc3c2)CCCC4)S(=O)[O-])CCCC1. The third-order valence-corrected chi connectivity index (χ3v) is 6.19. The fourth-order valence-electron chi connectivity index (χ4n) is 4.22. The predicted molar refractivity (Wildman–Crippen MR) is 92.6 cm³/mol. The average molecular weight is 362 g/mol. The number of rotatable bonds is 5. The maximum Gasteiger partial charge on any atom is 0.295 e. The summed E-state index contributed by atoms with van der Waals surface area (Å²) in [7, 11) is 0. The number of furan rings is 1. The summed E-state index contributed by atoms with van der Waals surface area (Å²) in [5.74, 6) is 1.01. The molecule has 25 heavy (non-hydrogen) atoms. The van der Waals surface area contributed by atoms with Crippen LogP contribution in [0.4, 0.5) is 5.69 Å². The minimum Gasteiger partial charge on any atom is -0.755 e. The monoisotopic (exact) mass is 362 g/mol. The number of benzene rings is 1. The van der Waals surface area contributed by atoms with Gasteiger partial charge in [-0.05, 0) is 44.2 Å². The van der Waals surface area contributed by atoms with Gasteiger partial charge in [-0.3, -0.25) is 13.3 Å². The number of hydrogen-bond donors (Lipinski definition) is 0. The van der Waals surface area contributed by atoms with Crippen LogP contribution in [-0.2, 0) is 33.6 Å². The van der Waals surface area contributed by atoms with Gasteiger partial charge in [-0.2, -0.15) is 0 Å². The quantitative estimate of drug-likeness (QED) is 0.463. The van der Waals surface area contributed by atoms with E-state index in [2.05, 4.69) is 0 Å². The van der Waals surface area contributed by atoms with Crippen LogP contribution in [0.1, 0.15) is 49.8 Å². The molecule has 0 radical (unpaired) electrons. The Morgan fingerprint density at radius 1 is 1.20 bits per heavy atom. The van der Waals surface area contributed by atoms with E-state index in [1.54, 1.807) is 12.1 Å². The molecule has 2 aromatic rings. The summed E-state index contributed by atoms with van der Waals surface area (Å²) < 4.78 is 36.4. The first kappa shape index (κ1) is 16.6. The number of nitrogens with zero attached hydrogens (tertiary/aromatic N) is 1. The highest BCUT2D eigenvalue weighted by Crippen LogP contribution is 2.41. The molecule has 0 bridgehead atoms. The van der Waals surface area contributed by atoms with Crippen LogP contribution >= 0.6 is 0 Å². The van der Waals surface area contributed by atoms with Crippen LogP contribution in [0.3, 0.4) is 0 Å². The van der Waals surface area contributed by atoms with Gasteiger partial charge in [0.1, 0.15) is 11.3 Å². The van der Waals surface area contributed by atoms with E-state index in [-0.39, 0.29) is 0 Å². The summed E-state index contributed by atoms with van der Waals surface area (Å²) in [6.07, 6.45) is 6.81. The van der Waals surface area contributed by atoms with E-state index in [1.807, 2.05) is 6.07 Å². The number of carbonyl (C=O) groups is 1. The molecule has 1 saturated carbocycles. The van der Waals surface area contributed by atoms with Gasteiger partial charge in [-0.25, -0.2) is 0 Å². The molecular formula is C18H20NO5S-. The van der Waals surface area contributed by atoms with E-state index >= 15 is 0 Å². The summed E-state index contributed by atoms with van der Waals surface area (Å²) in [6.45, 7) is 0.343. The third kappa shape index (κ3) is 2.75. The van der Waals surface area contributed by atoms with Crippen molar-refractivity contribution in [2.45, 2.75) is 57.1 Å². The number of ether oxygens (including phenoxy) is 1. The third-order valence-electron chi connectivity index (χ3n) is 5.35. The molecule has 1 aromatic carbocycles. The van der Waals surface area contributed by atoms with E-state index in [4.69, 9.17) is 9.15 Å². The van der Waals surface area contributed by atoms with Crippen molar-refractivity contribution in [3.05, 3.63) is 29.5 Å². The molecule has 1 atom stereocenters. The molecule has 6 nitrogen and oxygen atoms in total. The highest BCUT2D eigenvalue weighted by Gasteiger charge is 2.43. The number of aryl methyl sites for hydroxylation is 2. The van der Waals surface area contributed by atoms with Crippen LogP contribution in [-0.4, -0.2) is 21.0 Å². The molecule has 1 heterocycles. The molecule has 1 aromatic heterocycles. The second-order valence-corrected chi connectivity index (χ2v) is 7.57. The van der Waals surface area contributed by atoms with Gasteiger partial charge < -0.3 is 13.7 Å². The van der Waals surface area contributed by atoms with Gasteiger partial charge >= 0.3 is 0 Å². The molecular weight excluding hydrogens is 342 g/mol. The first-order valence-corrected chi connectivity index (χ1v) is 9.73. The Kier molecular flexibility index (Phi) is 4.29. The highest BCUT2D eigenvalue weighted by molar-refractivity contribution is 7.80. The van der Waals surface area contributed by atoms with Gasteiger partial charge in [0.05, 0.1) is 17.0 Å². The zero-order valence-electron chi connectivity index (χ0n) is 13.9. The molecule has 0 amide bonds. The molecule has 0 N–H and O–H groups in total. The fourth-order valence-corrected chi connectivity index (χ4v) is 5.00. The van der Waals surface area contributed by atoms with Gasteiger partial charge in [-0.1, -0.05) is 0 Å². The van der Waals surface area contributed by atoms with Gasteiger partial charge in [0.2, 0.25) is 0 Å². The molecule has 2 aliphatic rings. The van der Waals surface area contributed by atoms with Crippen molar-refractivity contribution in [1.29, 1.82) is 0 Å². The molecule has 1 unspecified atom stereocenters. The highest BCUT2D eigenvalue weighted by atomic mass is 32.2. The Labute approximate surface area is 148 Å². The van der Waals surface area contributed by atoms with Crippen molar-refractivity contribution in [2.75, 3.05) is 4.31 Å².